The molecule has 136 valence electrons. The predicted octanol–water partition coefficient (Wildman–Crippen LogP) is 3.68. The summed E-state index contributed by atoms with van der Waals surface area (Å²) in [6, 6.07) is 6.61. The van der Waals surface area contributed by atoms with Gasteiger partial charge in [0.15, 0.2) is 0 Å². The minimum atomic E-state index is -0.268. The molecule has 0 saturated carbocycles. The van der Waals surface area contributed by atoms with Crippen LogP contribution in [0.3, 0.4) is 0 Å². The van der Waals surface area contributed by atoms with Crippen molar-refractivity contribution in [3.05, 3.63) is 63.9 Å². The van der Waals surface area contributed by atoms with Gasteiger partial charge < -0.3 is 5.32 Å². The van der Waals surface area contributed by atoms with Crippen molar-refractivity contribution in [1.82, 2.24) is 19.6 Å². The van der Waals surface area contributed by atoms with E-state index in [2.05, 4.69) is 31.4 Å². The SMILES string of the molecule is Cc1nn(Cc2ccccc2F)c(C)c1NC(=O)CCn1cc(Br)cn1. The van der Waals surface area contributed by atoms with Crippen molar-refractivity contribution in [1.29, 1.82) is 0 Å². The van der Waals surface area contributed by atoms with Crippen molar-refractivity contribution < 1.29 is 9.18 Å². The molecule has 0 aliphatic rings. The Morgan fingerprint density at radius 2 is 2.08 bits per heavy atom. The number of nitrogens with zero attached hydrogens (tertiary/aromatic N) is 4. The van der Waals surface area contributed by atoms with E-state index in [-0.39, 0.29) is 11.7 Å². The summed E-state index contributed by atoms with van der Waals surface area (Å²) in [6.07, 6.45) is 3.79. The van der Waals surface area contributed by atoms with Gasteiger partial charge in [0.05, 0.1) is 34.3 Å². The number of benzene rings is 1. The molecule has 2 aromatic heterocycles. The van der Waals surface area contributed by atoms with Gasteiger partial charge in [-0.1, -0.05) is 18.2 Å². The lowest BCUT2D eigenvalue weighted by Gasteiger charge is -2.08. The average molecular weight is 420 g/mol. The van der Waals surface area contributed by atoms with Crippen LogP contribution in [0.25, 0.3) is 0 Å². The van der Waals surface area contributed by atoms with Gasteiger partial charge in [-0.15, -0.1) is 0 Å². The van der Waals surface area contributed by atoms with Crippen LogP contribution < -0.4 is 5.32 Å². The molecule has 0 spiro atoms. The van der Waals surface area contributed by atoms with Crippen molar-refractivity contribution in [2.75, 3.05) is 5.32 Å². The van der Waals surface area contributed by atoms with Gasteiger partial charge >= 0.3 is 0 Å². The molecule has 3 rings (SSSR count). The Bertz CT molecular complexity index is 934. The molecule has 0 saturated heterocycles. The summed E-state index contributed by atoms with van der Waals surface area (Å²) in [5, 5.41) is 11.5. The Balaban J connectivity index is 1.67. The molecule has 6 nitrogen and oxygen atoms in total. The summed E-state index contributed by atoms with van der Waals surface area (Å²) in [5.74, 6) is -0.385. The Morgan fingerprint density at radius 3 is 2.77 bits per heavy atom. The third-order valence-electron chi connectivity index (χ3n) is 4.09. The molecule has 8 heteroatoms. The molecule has 1 N–H and O–H groups in total. The molecule has 2 heterocycles. The minimum absolute atomic E-state index is 0.117. The first kappa shape index (κ1) is 18.3. The van der Waals surface area contributed by atoms with Crippen LogP contribution in [0.5, 0.6) is 0 Å². The van der Waals surface area contributed by atoms with E-state index >= 15 is 0 Å². The van der Waals surface area contributed by atoms with Gasteiger partial charge in [0, 0.05) is 24.7 Å². The van der Waals surface area contributed by atoms with Crippen molar-refractivity contribution >= 4 is 27.5 Å². The smallest absolute Gasteiger partial charge is 0.226 e. The molecule has 0 aliphatic carbocycles. The van der Waals surface area contributed by atoms with Crippen LogP contribution >= 0.6 is 15.9 Å². The fraction of sp³-hybridized carbons (Fsp3) is 0.278. The molecule has 0 atom stereocenters. The number of carbonyl (C=O) groups is 1. The summed E-state index contributed by atoms with van der Waals surface area (Å²) in [6.45, 7) is 4.49. The normalized spacial score (nSPS) is 10.9. The zero-order chi connectivity index (χ0) is 18.7. The summed E-state index contributed by atoms with van der Waals surface area (Å²) in [4.78, 5) is 12.3. The second-order valence-electron chi connectivity index (χ2n) is 6.01. The number of hydrogen-bond donors (Lipinski definition) is 1. The Hall–Kier alpha value is -2.48. The van der Waals surface area contributed by atoms with Crippen molar-refractivity contribution in [3.8, 4) is 0 Å². The topological polar surface area (TPSA) is 64.7 Å². The number of amides is 1. The van der Waals surface area contributed by atoms with E-state index in [4.69, 9.17) is 0 Å². The van der Waals surface area contributed by atoms with E-state index in [0.29, 0.717) is 36.5 Å². The predicted molar refractivity (Wildman–Crippen MR) is 100 cm³/mol. The molecular formula is C18H19BrFN5O. The summed E-state index contributed by atoms with van der Waals surface area (Å²) < 4.78 is 18.1. The molecule has 0 bridgehead atoms. The molecule has 0 radical (unpaired) electrons. The number of halogens is 2. The minimum Gasteiger partial charge on any atom is -0.323 e. The first-order chi connectivity index (χ1) is 12.4. The first-order valence-electron chi connectivity index (χ1n) is 8.19. The molecule has 1 amide bonds. The van der Waals surface area contributed by atoms with Gasteiger partial charge in [-0.25, -0.2) is 4.39 Å². The molecule has 1 aromatic carbocycles. The zero-order valence-electron chi connectivity index (χ0n) is 14.5. The highest BCUT2D eigenvalue weighted by atomic mass is 79.9. The Morgan fingerprint density at radius 1 is 1.31 bits per heavy atom. The standard InChI is InChI=1S/C18H19BrFN5O/c1-12-18(22-17(26)7-8-24-11-15(19)9-21-24)13(2)25(23-12)10-14-5-3-4-6-16(14)20/h3-6,9,11H,7-8,10H2,1-2H3,(H,22,26). The summed E-state index contributed by atoms with van der Waals surface area (Å²) >= 11 is 3.33. The number of rotatable bonds is 6. The van der Waals surface area contributed by atoms with Gasteiger partial charge in [-0.3, -0.25) is 14.2 Å². The van der Waals surface area contributed by atoms with Crippen LogP contribution in [-0.2, 0) is 17.9 Å². The first-order valence-corrected chi connectivity index (χ1v) is 8.98. The Kier molecular flexibility index (Phi) is 5.51. The summed E-state index contributed by atoms with van der Waals surface area (Å²) in [5.41, 5.74) is 2.73. The summed E-state index contributed by atoms with van der Waals surface area (Å²) in [7, 11) is 0. The monoisotopic (exact) mass is 419 g/mol. The lowest BCUT2D eigenvalue weighted by molar-refractivity contribution is -0.116. The maximum atomic E-state index is 13.9. The van der Waals surface area contributed by atoms with E-state index in [9.17, 15) is 9.18 Å². The zero-order valence-corrected chi connectivity index (χ0v) is 16.1. The van der Waals surface area contributed by atoms with Gasteiger partial charge in [-0.05, 0) is 35.8 Å². The van der Waals surface area contributed by atoms with Crippen molar-refractivity contribution in [2.24, 2.45) is 0 Å². The fourth-order valence-electron chi connectivity index (χ4n) is 2.70. The van der Waals surface area contributed by atoms with E-state index < -0.39 is 0 Å². The third kappa shape index (κ3) is 4.19. The maximum absolute atomic E-state index is 13.9. The lowest BCUT2D eigenvalue weighted by Crippen LogP contribution is -2.16. The number of hydrogen-bond acceptors (Lipinski definition) is 3. The number of aromatic nitrogens is 4. The van der Waals surface area contributed by atoms with Crippen LogP contribution in [0, 0.1) is 19.7 Å². The van der Waals surface area contributed by atoms with E-state index in [1.807, 2.05) is 20.0 Å². The van der Waals surface area contributed by atoms with Crippen LogP contribution in [0.4, 0.5) is 10.1 Å². The lowest BCUT2D eigenvalue weighted by atomic mass is 10.2. The molecule has 0 fully saturated rings. The second-order valence-corrected chi connectivity index (χ2v) is 6.93. The second kappa shape index (κ2) is 7.82. The van der Waals surface area contributed by atoms with Crippen LogP contribution in [0.1, 0.15) is 23.4 Å². The largest absolute Gasteiger partial charge is 0.323 e. The van der Waals surface area contributed by atoms with Crippen LogP contribution in [-0.4, -0.2) is 25.5 Å². The molecule has 3 aromatic rings. The van der Waals surface area contributed by atoms with Gasteiger partial charge in [0.2, 0.25) is 5.91 Å². The number of aryl methyl sites for hydroxylation is 2. The molecular weight excluding hydrogens is 401 g/mol. The molecule has 26 heavy (non-hydrogen) atoms. The van der Waals surface area contributed by atoms with Gasteiger partial charge in [-0.2, -0.15) is 10.2 Å². The molecule has 0 unspecified atom stereocenters. The van der Waals surface area contributed by atoms with Crippen molar-refractivity contribution in [3.63, 3.8) is 0 Å². The highest BCUT2D eigenvalue weighted by Gasteiger charge is 2.15. The van der Waals surface area contributed by atoms with Gasteiger partial charge in [0.25, 0.3) is 0 Å². The highest BCUT2D eigenvalue weighted by Crippen LogP contribution is 2.21. The maximum Gasteiger partial charge on any atom is 0.226 e. The van der Waals surface area contributed by atoms with Crippen LogP contribution in [0.15, 0.2) is 41.1 Å². The van der Waals surface area contributed by atoms with Crippen molar-refractivity contribution in [2.45, 2.75) is 33.4 Å². The van der Waals surface area contributed by atoms with Gasteiger partial charge in [0.1, 0.15) is 5.82 Å². The fourth-order valence-corrected chi connectivity index (χ4v) is 3.03. The Labute approximate surface area is 159 Å². The molecule has 0 aliphatic heterocycles. The number of anilines is 1. The quantitative estimate of drug-likeness (QED) is 0.662. The van der Waals surface area contributed by atoms with E-state index in [1.54, 1.807) is 33.8 Å². The number of nitrogens with one attached hydrogen (secondary N) is 1. The van der Waals surface area contributed by atoms with E-state index in [1.165, 1.54) is 6.07 Å². The third-order valence-corrected chi connectivity index (χ3v) is 4.50. The van der Waals surface area contributed by atoms with Crippen LogP contribution in [0.2, 0.25) is 0 Å². The average Bonchev–Trinajstić information content (AvgIpc) is 3.13. The van der Waals surface area contributed by atoms with E-state index in [0.717, 1.165) is 10.2 Å². The number of carbonyl (C=O) groups excluding carboxylic acids is 1. The highest BCUT2D eigenvalue weighted by molar-refractivity contribution is 9.10.